The van der Waals surface area contributed by atoms with Crippen LogP contribution in [0.25, 0.3) is 0 Å². The highest BCUT2D eigenvalue weighted by Gasteiger charge is 2.65. The van der Waals surface area contributed by atoms with Crippen molar-refractivity contribution in [2.24, 2.45) is 16.0 Å². The Morgan fingerprint density at radius 3 is 2.52 bits per heavy atom. The zero-order valence-electron chi connectivity index (χ0n) is 10.9. The van der Waals surface area contributed by atoms with Gasteiger partial charge < -0.3 is 15.6 Å². The lowest BCUT2D eigenvalue weighted by Crippen LogP contribution is -2.32. The molecule has 21 heavy (non-hydrogen) atoms. The van der Waals surface area contributed by atoms with Gasteiger partial charge in [-0.2, -0.15) is 13.2 Å². The molecule has 1 aromatic carbocycles. The molecule has 1 heterocycles. The first-order valence-electron chi connectivity index (χ1n) is 5.88. The summed E-state index contributed by atoms with van der Waals surface area (Å²) in [5, 5.41) is 15.0. The second-order valence-corrected chi connectivity index (χ2v) is 4.55. The summed E-state index contributed by atoms with van der Waals surface area (Å²) in [6, 6.07) is 2.52. The number of rotatable bonds is 5. The maximum absolute atomic E-state index is 12.9. The van der Waals surface area contributed by atoms with Crippen LogP contribution < -0.4 is 10.5 Å². The monoisotopic (exact) mass is 303 g/mol. The van der Waals surface area contributed by atoms with Crippen molar-refractivity contribution in [3.05, 3.63) is 29.3 Å². The maximum atomic E-state index is 12.9. The summed E-state index contributed by atoms with van der Waals surface area (Å²) in [6.45, 7) is 0. The van der Waals surface area contributed by atoms with E-state index in [0.29, 0.717) is 5.56 Å². The minimum atomic E-state index is -4.63. The molecule has 0 aliphatic carbocycles. The third-order valence-corrected chi connectivity index (χ3v) is 3.14. The zero-order valence-corrected chi connectivity index (χ0v) is 10.9. The van der Waals surface area contributed by atoms with Crippen LogP contribution >= 0.6 is 0 Å². The Balaban J connectivity index is 2.31. The molecule has 1 atom stereocenters. The fraction of sp³-hybridized carbons (Fsp3) is 0.417. The molecular weight excluding hydrogens is 291 g/mol. The Bertz CT molecular complexity index is 595. The highest BCUT2D eigenvalue weighted by atomic mass is 19.4. The number of carboxylic acid groups (broad SMARTS) is 1. The fourth-order valence-electron chi connectivity index (χ4n) is 1.90. The van der Waals surface area contributed by atoms with Crippen LogP contribution in [0.4, 0.5) is 13.2 Å². The van der Waals surface area contributed by atoms with E-state index in [0.717, 1.165) is 6.07 Å². The predicted octanol–water partition coefficient (Wildman–Crippen LogP) is 1.83. The average Bonchev–Trinajstić information content (AvgIpc) is 3.19. The van der Waals surface area contributed by atoms with Crippen LogP contribution in [0.3, 0.4) is 0 Å². The summed E-state index contributed by atoms with van der Waals surface area (Å²) in [5.41, 5.74) is 3.09. The number of hydrogen-bond acceptors (Lipinski definition) is 5. The van der Waals surface area contributed by atoms with Crippen LogP contribution in [-0.4, -0.2) is 30.4 Å². The lowest BCUT2D eigenvalue weighted by atomic mass is 9.98. The first-order chi connectivity index (χ1) is 9.71. The van der Waals surface area contributed by atoms with Gasteiger partial charge in [-0.15, -0.1) is 10.2 Å². The van der Waals surface area contributed by atoms with Crippen molar-refractivity contribution >= 4 is 5.97 Å². The molecule has 2 rings (SSSR count). The number of alkyl halides is 3. The van der Waals surface area contributed by atoms with Crippen molar-refractivity contribution in [1.82, 2.24) is 0 Å². The van der Waals surface area contributed by atoms with Gasteiger partial charge >= 0.3 is 17.8 Å². The van der Waals surface area contributed by atoms with Gasteiger partial charge in [0, 0.05) is 12.0 Å². The van der Waals surface area contributed by atoms with Gasteiger partial charge in [-0.25, -0.2) is 0 Å². The van der Waals surface area contributed by atoms with Crippen LogP contribution in [0.5, 0.6) is 5.75 Å². The quantitative estimate of drug-likeness (QED) is 0.867. The highest BCUT2D eigenvalue weighted by Crippen LogP contribution is 2.52. The Kier molecular flexibility index (Phi) is 3.62. The summed E-state index contributed by atoms with van der Waals surface area (Å²) in [5.74, 6) is -1.09. The molecule has 1 aromatic rings. The van der Waals surface area contributed by atoms with Crippen LogP contribution in [0.1, 0.15) is 11.1 Å². The van der Waals surface area contributed by atoms with Crippen molar-refractivity contribution in [2.45, 2.75) is 24.3 Å². The second kappa shape index (κ2) is 4.99. The van der Waals surface area contributed by atoms with Gasteiger partial charge in [0.25, 0.3) is 0 Å². The number of halogens is 3. The number of methoxy groups -OCH3 is 1. The predicted molar refractivity (Wildman–Crippen MR) is 64.9 cm³/mol. The number of aliphatic carboxylic acids is 1. The molecule has 0 bridgehead atoms. The van der Waals surface area contributed by atoms with Crippen LogP contribution in [0.15, 0.2) is 28.4 Å². The topological polar surface area (TPSA) is 97.3 Å². The summed E-state index contributed by atoms with van der Waals surface area (Å²) < 4.78 is 43.7. The summed E-state index contributed by atoms with van der Waals surface area (Å²) in [6.07, 6.45) is -4.69. The highest BCUT2D eigenvalue weighted by molar-refractivity contribution is 5.73. The van der Waals surface area contributed by atoms with Gasteiger partial charge in [-0.3, -0.25) is 4.79 Å². The minimum Gasteiger partial charge on any atom is -0.496 e. The first kappa shape index (κ1) is 15.2. The van der Waals surface area contributed by atoms with Crippen molar-refractivity contribution in [2.75, 3.05) is 7.11 Å². The second-order valence-electron chi connectivity index (χ2n) is 4.55. The molecule has 6 nitrogen and oxygen atoms in total. The number of benzene rings is 1. The molecule has 1 aliphatic rings. The third kappa shape index (κ3) is 2.68. The number of carboxylic acids is 1. The van der Waals surface area contributed by atoms with Crippen LogP contribution in [0, 0.1) is 0 Å². The number of carbonyl (C=O) groups is 1. The zero-order chi connectivity index (χ0) is 15.8. The molecule has 0 spiro atoms. The van der Waals surface area contributed by atoms with E-state index in [2.05, 4.69) is 10.2 Å². The SMILES string of the molecule is COc1cc(C2(C(F)(F)F)N=N2)ccc1C[C@H](N)C(=O)O. The Morgan fingerprint density at radius 2 is 2.10 bits per heavy atom. The van der Waals surface area contributed by atoms with E-state index >= 15 is 0 Å². The number of nitrogens with two attached hydrogens (primary N) is 1. The minimum absolute atomic E-state index is 0.0634. The number of ether oxygens (including phenoxy) is 1. The lowest BCUT2D eigenvalue weighted by Gasteiger charge is -2.17. The third-order valence-electron chi connectivity index (χ3n) is 3.14. The number of nitrogens with zero attached hydrogens (tertiary/aromatic N) is 2. The molecule has 0 saturated carbocycles. The van der Waals surface area contributed by atoms with E-state index in [1.165, 1.54) is 19.2 Å². The van der Waals surface area contributed by atoms with Crippen molar-refractivity contribution in [1.29, 1.82) is 0 Å². The molecule has 0 unspecified atom stereocenters. The number of hydrogen-bond donors (Lipinski definition) is 2. The molecule has 0 amide bonds. The van der Waals surface area contributed by atoms with E-state index < -0.39 is 23.9 Å². The molecule has 114 valence electrons. The van der Waals surface area contributed by atoms with Gasteiger partial charge in [-0.1, -0.05) is 12.1 Å². The molecule has 0 aromatic heterocycles. The van der Waals surface area contributed by atoms with E-state index in [1.54, 1.807) is 0 Å². The van der Waals surface area contributed by atoms with Gasteiger partial charge in [0.05, 0.1) is 7.11 Å². The maximum Gasteiger partial charge on any atom is 0.442 e. The standard InChI is InChI=1S/C12H12F3N3O3/c1-21-9-5-7(11(17-18-11)12(13,14)15)3-2-6(9)4-8(16)10(19)20/h2-3,5,8H,4,16H2,1H3,(H,19,20)/t8-/m0/s1. The molecule has 0 fully saturated rings. The molecular formula is C12H12F3N3O3. The van der Waals surface area contributed by atoms with Crippen molar-refractivity contribution in [3.63, 3.8) is 0 Å². The fourth-order valence-corrected chi connectivity index (χ4v) is 1.90. The van der Waals surface area contributed by atoms with E-state index in [1.807, 2.05) is 0 Å². The molecule has 0 saturated heterocycles. The normalized spacial score (nSPS) is 17.4. The van der Waals surface area contributed by atoms with Crippen LogP contribution in [-0.2, 0) is 16.9 Å². The Labute approximate surface area is 117 Å². The van der Waals surface area contributed by atoms with E-state index in [9.17, 15) is 18.0 Å². The Hall–Kier alpha value is -2.16. The van der Waals surface area contributed by atoms with E-state index in [4.69, 9.17) is 15.6 Å². The van der Waals surface area contributed by atoms with Crippen molar-refractivity contribution < 1.29 is 27.8 Å². The largest absolute Gasteiger partial charge is 0.496 e. The molecule has 0 radical (unpaired) electrons. The lowest BCUT2D eigenvalue weighted by molar-refractivity contribution is -0.166. The van der Waals surface area contributed by atoms with Crippen LogP contribution in [0.2, 0.25) is 0 Å². The van der Waals surface area contributed by atoms with Gasteiger partial charge in [0.15, 0.2) is 0 Å². The van der Waals surface area contributed by atoms with E-state index in [-0.39, 0.29) is 17.7 Å². The Morgan fingerprint density at radius 1 is 1.48 bits per heavy atom. The summed E-state index contributed by atoms with van der Waals surface area (Å²) >= 11 is 0. The average molecular weight is 303 g/mol. The van der Waals surface area contributed by atoms with Gasteiger partial charge in [0.2, 0.25) is 0 Å². The molecule has 9 heteroatoms. The van der Waals surface area contributed by atoms with Gasteiger partial charge in [-0.05, 0) is 11.6 Å². The molecule has 3 N–H and O–H groups in total. The van der Waals surface area contributed by atoms with Gasteiger partial charge in [0.1, 0.15) is 11.8 Å². The molecule has 1 aliphatic heterocycles. The summed E-state index contributed by atoms with van der Waals surface area (Å²) in [7, 11) is 1.27. The smallest absolute Gasteiger partial charge is 0.442 e. The summed E-state index contributed by atoms with van der Waals surface area (Å²) in [4.78, 5) is 10.7. The first-order valence-corrected chi connectivity index (χ1v) is 5.88. The van der Waals surface area contributed by atoms with Crippen molar-refractivity contribution in [3.8, 4) is 5.75 Å².